The Labute approximate surface area is 165 Å². The minimum Gasteiger partial charge on any atom is -0.471 e. The van der Waals surface area contributed by atoms with Crippen LogP contribution in [-0.2, 0) is 13.2 Å². The van der Waals surface area contributed by atoms with Gasteiger partial charge in [-0.2, -0.15) is 0 Å². The number of piperidine rings is 1. The summed E-state index contributed by atoms with van der Waals surface area (Å²) in [4.78, 5) is 2.47. The van der Waals surface area contributed by atoms with Crippen LogP contribution in [0.25, 0.3) is 11.1 Å². The van der Waals surface area contributed by atoms with Gasteiger partial charge in [-0.05, 0) is 37.6 Å². The number of hydrogen-bond acceptors (Lipinski definition) is 3. The van der Waals surface area contributed by atoms with Crippen molar-refractivity contribution in [1.29, 1.82) is 0 Å². The third-order valence-electron chi connectivity index (χ3n) is 5.20. The molecule has 1 aliphatic rings. The highest BCUT2D eigenvalue weighted by atomic mass is 19.1. The van der Waals surface area contributed by atoms with Gasteiger partial charge in [0, 0.05) is 18.3 Å². The third kappa shape index (κ3) is 4.60. The van der Waals surface area contributed by atoms with Gasteiger partial charge < -0.3 is 9.64 Å². The zero-order chi connectivity index (χ0) is 19.2. The molecule has 1 fully saturated rings. The SMILES string of the molecule is Fc1ccccc1-c1cn(CCN2CCCCC2)nc1OCc1ccccc1. The molecule has 28 heavy (non-hydrogen) atoms. The quantitative estimate of drug-likeness (QED) is 0.593. The van der Waals surface area contributed by atoms with Gasteiger partial charge in [-0.3, -0.25) is 4.68 Å². The molecule has 4 rings (SSSR count). The van der Waals surface area contributed by atoms with Crippen molar-refractivity contribution in [3.63, 3.8) is 0 Å². The standard InChI is InChI=1S/C23H26FN3O/c24-22-12-6-5-11-20(22)21-17-27(16-15-26-13-7-2-8-14-26)25-23(21)28-18-19-9-3-1-4-10-19/h1,3-6,9-12,17H,2,7-8,13-16,18H2. The summed E-state index contributed by atoms with van der Waals surface area (Å²) in [6.07, 6.45) is 5.77. The Morgan fingerprint density at radius 3 is 2.39 bits per heavy atom. The van der Waals surface area contributed by atoms with Gasteiger partial charge in [-0.15, -0.1) is 5.10 Å². The summed E-state index contributed by atoms with van der Waals surface area (Å²) in [7, 11) is 0. The van der Waals surface area contributed by atoms with E-state index < -0.39 is 0 Å². The van der Waals surface area contributed by atoms with Crippen LogP contribution in [-0.4, -0.2) is 34.3 Å². The van der Waals surface area contributed by atoms with Gasteiger partial charge in [-0.25, -0.2) is 4.39 Å². The summed E-state index contributed by atoms with van der Waals surface area (Å²) in [5.41, 5.74) is 2.28. The maximum Gasteiger partial charge on any atom is 0.241 e. The molecule has 0 aliphatic carbocycles. The van der Waals surface area contributed by atoms with E-state index in [1.807, 2.05) is 47.3 Å². The average molecular weight is 379 g/mol. The second-order valence-corrected chi connectivity index (χ2v) is 7.27. The van der Waals surface area contributed by atoms with Crippen LogP contribution in [0.5, 0.6) is 5.88 Å². The van der Waals surface area contributed by atoms with Crippen LogP contribution >= 0.6 is 0 Å². The topological polar surface area (TPSA) is 30.3 Å². The Kier molecular flexibility index (Phi) is 6.02. The Hall–Kier alpha value is -2.66. The van der Waals surface area contributed by atoms with Gasteiger partial charge in [0.1, 0.15) is 12.4 Å². The molecule has 0 bridgehead atoms. The third-order valence-corrected chi connectivity index (χ3v) is 5.20. The fraction of sp³-hybridized carbons (Fsp3) is 0.348. The lowest BCUT2D eigenvalue weighted by molar-refractivity contribution is 0.216. The molecule has 146 valence electrons. The summed E-state index contributed by atoms with van der Waals surface area (Å²) >= 11 is 0. The number of halogens is 1. The minimum absolute atomic E-state index is 0.261. The van der Waals surface area contributed by atoms with Crippen molar-refractivity contribution in [2.75, 3.05) is 19.6 Å². The normalized spacial score (nSPS) is 14.9. The van der Waals surface area contributed by atoms with E-state index in [0.29, 0.717) is 23.6 Å². The fourth-order valence-corrected chi connectivity index (χ4v) is 3.64. The van der Waals surface area contributed by atoms with Crippen LogP contribution in [0, 0.1) is 5.82 Å². The summed E-state index contributed by atoms with van der Waals surface area (Å²) in [5, 5.41) is 4.63. The molecular formula is C23H26FN3O. The smallest absolute Gasteiger partial charge is 0.241 e. The highest BCUT2D eigenvalue weighted by molar-refractivity contribution is 5.68. The zero-order valence-corrected chi connectivity index (χ0v) is 16.1. The van der Waals surface area contributed by atoms with Crippen molar-refractivity contribution in [2.24, 2.45) is 0 Å². The molecule has 5 heteroatoms. The second kappa shape index (κ2) is 9.02. The first-order chi connectivity index (χ1) is 13.8. The van der Waals surface area contributed by atoms with E-state index in [1.165, 1.54) is 25.3 Å². The number of benzene rings is 2. The molecule has 1 aromatic heterocycles. The van der Waals surface area contributed by atoms with Crippen molar-refractivity contribution in [2.45, 2.75) is 32.4 Å². The highest BCUT2D eigenvalue weighted by Gasteiger charge is 2.17. The van der Waals surface area contributed by atoms with Crippen LogP contribution in [0.4, 0.5) is 4.39 Å². The Morgan fingerprint density at radius 1 is 0.857 bits per heavy atom. The van der Waals surface area contributed by atoms with E-state index in [9.17, 15) is 4.39 Å². The van der Waals surface area contributed by atoms with Gasteiger partial charge in [0.15, 0.2) is 0 Å². The molecule has 2 aromatic carbocycles. The second-order valence-electron chi connectivity index (χ2n) is 7.27. The molecule has 1 aliphatic heterocycles. The first-order valence-corrected chi connectivity index (χ1v) is 10.0. The largest absolute Gasteiger partial charge is 0.471 e. The van der Waals surface area contributed by atoms with E-state index in [1.54, 1.807) is 12.1 Å². The molecule has 0 saturated carbocycles. The average Bonchev–Trinajstić information content (AvgIpc) is 3.15. The Morgan fingerprint density at radius 2 is 1.61 bits per heavy atom. The van der Waals surface area contributed by atoms with E-state index in [0.717, 1.165) is 31.7 Å². The molecule has 0 spiro atoms. The molecule has 1 saturated heterocycles. The van der Waals surface area contributed by atoms with Crippen molar-refractivity contribution < 1.29 is 9.13 Å². The fourth-order valence-electron chi connectivity index (χ4n) is 3.64. The maximum atomic E-state index is 14.4. The van der Waals surface area contributed by atoms with Gasteiger partial charge in [-0.1, -0.05) is 55.0 Å². The molecule has 2 heterocycles. The monoisotopic (exact) mass is 379 g/mol. The van der Waals surface area contributed by atoms with E-state index in [4.69, 9.17) is 4.74 Å². The van der Waals surface area contributed by atoms with Crippen molar-refractivity contribution in [3.8, 4) is 17.0 Å². The van der Waals surface area contributed by atoms with Gasteiger partial charge in [0.2, 0.25) is 5.88 Å². The van der Waals surface area contributed by atoms with Crippen LogP contribution in [0.2, 0.25) is 0 Å². The van der Waals surface area contributed by atoms with Crippen molar-refractivity contribution >= 4 is 0 Å². The zero-order valence-electron chi connectivity index (χ0n) is 16.1. The maximum absolute atomic E-state index is 14.4. The minimum atomic E-state index is -0.261. The Bertz CT molecular complexity index is 888. The molecule has 0 unspecified atom stereocenters. The molecule has 0 radical (unpaired) electrons. The van der Waals surface area contributed by atoms with Gasteiger partial charge in [0.25, 0.3) is 0 Å². The lowest BCUT2D eigenvalue weighted by atomic mass is 10.1. The molecule has 0 atom stereocenters. The van der Waals surface area contributed by atoms with Crippen LogP contribution < -0.4 is 4.74 Å². The molecule has 3 aromatic rings. The van der Waals surface area contributed by atoms with E-state index in [-0.39, 0.29) is 5.82 Å². The van der Waals surface area contributed by atoms with Crippen LogP contribution in [0.15, 0.2) is 60.8 Å². The summed E-state index contributed by atoms with van der Waals surface area (Å²) in [6, 6.07) is 16.7. The molecular weight excluding hydrogens is 353 g/mol. The number of rotatable bonds is 7. The van der Waals surface area contributed by atoms with Crippen LogP contribution in [0.3, 0.4) is 0 Å². The number of likely N-dealkylation sites (tertiary alicyclic amines) is 1. The number of aromatic nitrogens is 2. The number of ether oxygens (including phenoxy) is 1. The summed E-state index contributed by atoms with van der Waals surface area (Å²) in [6.45, 7) is 4.44. The van der Waals surface area contributed by atoms with Gasteiger partial charge in [0.05, 0.1) is 12.1 Å². The highest BCUT2D eigenvalue weighted by Crippen LogP contribution is 2.31. The summed E-state index contributed by atoms with van der Waals surface area (Å²) < 4.78 is 22.3. The van der Waals surface area contributed by atoms with Crippen molar-refractivity contribution in [1.82, 2.24) is 14.7 Å². The first kappa shape index (κ1) is 18.7. The lowest BCUT2D eigenvalue weighted by Gasteiger charge is -2.26. The van der Waals surface area contributed by atoms with Crippen LogP contribution in [0.1, 0.15) is 24.8 Å². The lowest BCUT2D eigenvalue weighted by Crippen LogP contribution is -2.32. The number of nitrogens with zero attached hydrogens (tertiary/aromatic N) is 3. The van der Waals surface area contributed by atoms with Crippen molar-refractivity contribution in [3.05, 3.63) is 72.2 Å². The van der Waals surface area contributed by atoms with E-state index >= 15 is 0 Å². The predicted molar refractivity (Wildman–Crippen MR) is 109 cm³/mol. The van der Waals surface area contributed by atoms with Gasteiger partial charge >= 0.3 is 0 Å². The molecule has 0 N–H and O–H groups in total. The first-order valence-electron chi connectivity index (χ1n) is 10.0. The molecule has 4 nitrogen and oxygen atoms in total. The molecule has 0 amide bonds. The summed E-state index contributed by atoms with van der Waals surface area (Å²) in [5.74, 6) is 0.218. The predicted octanol–water partition coefficient (Wildman–Crippen LogP) is 4.75. The Balaban J connectivity index is 1.53. The number of hydrogen-bond donors (Lipinski definition) is 0. The van der Waals surface area contributed by atoms with E-state index in [2.05, 4.69) is 10.00 Å².